The molecule has 2 fully saturated rings. The first-order valence-corrected chi connectivity index (χ1v) is 7.45. The molecule has 1 aromatic heterocycles. The van der Waals surface area contributed by atoms with Gasteiger partial charge in [0.05, 0.1) is 0 Å². The molecule has 3 rings (SSSR count). The van der Waals surface area contributed by atoms with Crippen LogP contribution in [0.15, 0.2) is 0 Å². The van der Waals surface area contributed by atoms with Gasteiger partial charge in [-0.2, -0.15) is 4.37 Å². The molecule has 0 radical (unpaired) electrons. The summed E-state index contributed by atoms with van der Waals surface area (Å²) in [6.45, 7) is 5.67. The maximum atomic E-state index is 4.65. The molecule has 4 nitrogen and oxygen atoms in total. The first-order chi connectivity index (χ1) is 8.36. The van der Waals surface area contributed by atoms with E-state index in [1.165, 1.54) is 25.9 Å². The molecule has 17 heavy (non-hydrogen) atoms. The maximum Gasteiger partial charge on any atom is 0.205 e. The van der Waals surface area contributed by atoms with Gasteiger partial charge in [-0.05, 0) is 31.7 Å². The minimum atomic E-state index is 0.759. The summed E-state index contributed by atoms with van der Waals surface area (Å²) in [4.78, 5) is 7.09. The monoisotopic (exact) mass is 252 g/mol. The van der Waals surface area contributed by atoms with Crippen molar-refractivity contribution in [3.05, 3.63) is 5.82 Å². The van der Waals surface area contributed by atoms with Gasteiger partial charge < -0.3 is 10.2 Å². The van der Waals surface area contributed by atoms with Crippen LogP contribution >= 0.6 is 11.5 Å². The Morgan fingerprint density at radius 1 is 1.47 bits per heavy atom. The summed E-state index contributed by atoms with van der Waals surface area (Å²) < 4.78 is 4.44. The first kappa shape index (κ1) is 11.4. The second-order valence-electron chi connectivity index (χ2n) is 5.09. The van der Waals surface area contributed by atoms with Gasteiger partial charge >= 0.3 is 0 Å². The molecule has 0 aliphatic carbocycles. The lowest BCUT2D eigenvalue weighted by molar-refractivity contribution is 0.376. The third-order valence-corrected chi connectivity index (χ3v) is 4.67. The molecule has 0 spiro atoms. The number of piperidine rings is 1. The average Bonchev–Trinajstić information content (AvgIpc) is 2.96. The molecule has 0 saturated carbocycles. The fourth-order valence-corrected chi connectivity index (χ4v) is 3.67. The molecule has 0 bridgehead atoms. The Balaban J connectivity index is 1.67. The van der Waals surface area contributed by atoms with Crippen LogP contribution in [0.2, 0.25) is 0 Å². The van der Waals surface area contributed by atoms with Gasteiger partial charge in [-0.25, -0.2) is 4.98 Å². The van der Waals surface area contributed by atoms with Crippen molar-refractivity contribution < 1.29 is 0 Å². The van der Waals surface area contributed by atoms with Crippen LogP contribution in [0.5, 0.6) is 0 Å². The van der Waals surface area contributed by atoms with Crippen molar-refractivity contribution in [3.8, 4) is 0 Å². The van der Waals surface area contributed by atoms with E-state index >= 15 is 0 Å². The van der Waals surface area contributed by atoms with E-state index in [-0.39, 0.29) is 0 Å². The van der Waals surface area contributed by atoms with Crippen molar-refractivity contribution in [3.63, 3.8) is 0 Å². The summed E-state index contributed by atoms with van der Waals surface area (Å²) in [5.74, 6) is 1.85. The van der Waals surface area contributed by atoms with Crippen LogP contribution in [0.3, 0.4) is 0 Å². The van der Waals surface area contributed by atoms with Crippen LogP contribution < -0.4 is 10.2 Å². The standard InChI is InChI=1S/C12H20N4S/c1-2-3-11-14-12(17-15-11)16-7-5-10-9(8-16)4-6-13-10/h9-10,13H,2-8H2,1H3. The molecular formula is C12H20N4S. The molecule has 3 heterocycles. The zero-order valence-electron chi connectivity index (χ0n) is 10.4. The highest BCUT2D eigenvalue weighted by Crippen LogP contribution is 2.29. The molecule has 2 atom stereocenters. The number of nitrogens with zero attached hydrogens (tertiary/aromatic N) is 3. The number of aryl methyl sites for hydroxylation is 1. The largest absolute Gasteiger partial charge is 0.346 e. The van der Waals surface area contributed by atoms with E-state index in [0.29, 0.717) is 0 Å². The molecule has 2 aliphatic heterocycles. The Morgan fingerprint density at radius 2 is 2.41 bits per heavy atom. The van der Waals surface area contributed by atoms with Crippen molar-refractivity contribution in [1.29, 1.82) is 0 Å². The molecule has 0 amide bonds. The Kier molecular flexibility index (Phi) is 3.29. The van der Waals surface area contributed by atoms with E-state index in [0.717, 1.165) is 42.3 Å². The van der Waals surface area contributed by atoms with Gasteiger partial charge in [0.15, 0.2) is 0 Å². The first-order valence-electron chi connectivity index (χ1n) is 6.67. The molecular weight excluding hydrogens is 232 g/mol. The average molecular weight is 252 g/mol. The maximum absolute atomic E-state index is 4.65. The Bertz CT molecular complexity index is 378. The van der Waals surface area contributed by atoms with Crippen molar-refractivity contribution in [2.24, 2.45) is 5.92 Å². The molecule has 2 saturated heterocycles. The molecule has 2 aliphatic rings. The van der Waals surface area contributed by atoms with Crippen molar-refractivity contribution in [2.45, 2.75) is 38.6 Å². The summed E-state index contributed by atoms with van der Waals surface area (Å²) in [6.07, 6.45) is 4.72. The van der Waals surface area contributed by atoms with Gasteiger partial charge in [0, 0.05) is 37.1 Å². The summed E-state index contributed by atoms with van der Waals surface area (Å²) in [5.41, 5.74) is 0. The van der Waals surface area contributed by atoms with Gasteiger partial charge in [-0.3, -0.25) is 0 Å². The van der Waals surface area contributed by atoms with E-state index in [9.17, 15) is 0 Å². The van der Waals surface area contributed by atoms with Gasteiger partial charge in [-0.15, -0.1) is 0 Å². The molecule has 1 N–H and O–H groups in total. The van der Waals surface area contributed by atoms with Crippen LogP contribution in [0.1, 0.15) is 32.0 Å². The van der Waals surface area contributed by atoms with E-state index in [1.54, 1.807) is 11.5 Å². The number of anilines is 1. The van der Waals surface area contributed by atoms with Crippen molar-refractivity contribution in [1.82, 2.24) is 14.7 Å². The van der Waals surface area contributed by atoms with Crippen molar-refractivity contribution in [2.75, 3.05) is 24.5 Å². The van der Waals surface area contributed by atoms with Crippen LogP contribution in [-0.4, -0.2) is 35.0 Å². The molecule has 1 aromatic rings. The van der Waals surface area contributed by atoms with Gasteiger partial charge in [0.25, 0.3) is 0 Å². The fraction of sp³-hybridized carbons (Fsp3) is 0.833. The van der Waals surface area contributed by atoms with E-state index in [4.69, 9.17) is 0 Å². The smallest absolute Gasteiger partial charge is 0.205 e. The molecule has 94 valence electrons. The molecule has 2 unspecified atom stereocenters. The summed E-state index contributed by atoms with van der Waals surface area (Å²) in [7, 11) is 0. The number of nitrogens with one attached hydrogen (secondary N) is 1. The van der Waals surface area contributed by atoms with Crippen LogP contribution in [-0.2, 0) is 6.42 Å². The van der Waals surface area contributed by atoms with Crippen LogP contribution in [0, 0.1) is 5.92 Å². The summed E-state index contributed by atoms with van der Waals surface area (Å²) in [6, 6.07) is 0.759. The second kappa shape index (κ2) is 4.90. The SMILES string of the molecule is CCCc1nsc(N2CCC3NCCC3C2)n1. The number of hydrogen-bond acceptors (Lipinski definition) is 5. The van der Waals surface area contributed by atoms with E-state index < -0.39 is 0 Å². The fourth-order valence-electron chi connectivity index (χ4n) is 2.92. The highest BCUT2D eigenvalue weighted by atomic mass is 32.1. The Labute approximate surface area is 107 Å². The van der Waals surface area contributed by atoms with E-state index in [1.807, 2.05) is 0 Å². The predicted molar refractivity (Wildman–Crippen MR) is 70.6 cm³/mol. The van der Waals surface area contributed by atoms with Gasteiger partial charge in [0.1, 0.15) is 5.82 Å². The zero-order valence-corrected chi connectivity index (χ0v) is 11.2. The number of aromatic nitrogens is 2. The quantitative estimate of drug-likeness (QED) is 0.888. The van der Waals surface area contributed by atoms with Crippen LogP contribution in [0.25, 0.3) is 0 Å². The highest BCUT2D eigenvalue weighted by molar-refractivity contribution is 7.09. The minimum absolute atomic E-state index is 0.759. The third-order valence-electron chi connectivity index (χ3n) is 3.86. The Hall–Kier alpha value is -0.680. The number of hydrogen-bond donors (Lipinski definition) is 1. The Morgan fingerprint density at radius 3 is 3.29 bits per heavy atom. The van der Waals surface area contributed by atoms with Gasteiger partial charge in [0.2, 0.25) is 5.13 Å². The lowest BCUT2D eigenvalue weighted by Crippen LogP contribution is -2.44. The topological polar surface area (TPSA) is 41.1 Å². The highest BCUT2D eigenvalue weighted by Gasteiger charge is 2.33. The number of rotatable bonds is 3. The second-order valence-corrected chi connectivity index (χ2v) is 5.82. The third kappa shape index (κ3) is 2.31. The van der Waals surface area contributed by atoms with Crippen molar-refractivity contribution >= 4 is 16.7 Å². The number of fused-ring (bicyclic) bond motifs is 1. The van der Waals surface area contributed by atoms with Crippen LogP contribution in [0.4, 0.5) is 5.13 Å². The van der Waals surface area contributed by atoms with Gasteiger partial charge in [-0.1, -0.05) is 6.92 Å². The molecule has 0 aromatic carbocycles. The zero-order chi connectivity index (χ0) is 11.7. The lowest BCUT2D eigenvalue weighted by atomic mass is 9.94. The molecule has 5 heteroatoms. The lowest BCUT2D eigenvalue weighted by Gasteiger charge is -2.34. The predicted octanol–water partition coefficient (Wildman–Crippen LogP) is 1.68. The van der Waals surface area contributed by atoms with E-state index in [2.05, 4.69) is 26.5 Å². The normalized spacial score (nSPS) is 28.4. The summed E-state index contributed by atoms with van der Waals surface area (Å²) in [5, 5.41) is 4.73. The minimum Gasteiger partial charge on any atom is -0.346 e. The summed E-state index contributed by atoms with van der Waals surface area (Å²) >= 11 is 1.57.